The lowest BCUT2D eigenvalue weighted by molar-refractivity contribution is 0.297. The van der Waals surface area contributed by atoms with Crippen LogP contribution < -0.4 is 9.47 Å². The number of rotatable bonds is 11. The van der Waals surface area contributed by atoms with Crippen LogP contribution in [-0.4, -0.2) is 6.61 Å². The molecule has 0 fully saturated rings. The van der Waals surface area contributed by atoms with Gasteiger partial charge in [-0.05, 0) is 66.3 Å². The van der Waals surface area contributed by atoms with E-state index < -0.39 is 17.5 Å². The molecule has 37 heavy (non-hydrogen) atoms. The van der Waals surface area contributed by atoms with Gasteiger partial charge in [-0.15, -0.1) is 0 Å². The van der Waals surface area contributed by atoms with Gasteiger partial charge in [0.2, 0.25) is 0 Å². The Kier molecular flexibility index (Phi) is 8.89. The highest BCUT2D eigenvalue weighted by molar-refractivity contribution is 5.66. The van der Waals surface area contributed by atoms with E-state index in [0.29, 0.717) is 23.5 Å². The Morgan fingerprint density at radius 1 is 0.649 bits per heavy atom. The van der Waals surface area contributed by atoms with E-state index in [0.717, 1.165) is 24.8 Å². The van der Waals surface area contributed by atoms with Gasteiger partial charge in [0.15, 0.2) is 23.2 Å². The smallest absolute Gasteiger partial charge is 0.167 e. The van der Waals surface area contributed by atoms with Gasteiger partial charge in [-0.25, -0.2) is 13.2 Å². The summed E-state index contributed by atoms with van der Waals surface area (Å²) in [6, 6.07) is 22.6. The van der Waals surface area contributed by atoms with E-state index in [-0.39, 0.29) is 23.5 Å². The average Bonchev–Trinajstić information content (AvgIpc) is 2.92. The van der Waals surface area contributed by atoms with Crippen molar-refractivity contribution in [1.82, 2.24) is 0 Å². The fourth-order valence-electron chi connectivity index (χ4n) is 4.21. The number of hydrogen-bond donors (Lipinski definition) is 0. The van der Waals surface area contributed by atoms with E-state index in [9.17, 15) is 13.2 Å². The number of aryl methyl sites for hydroxylation is 1. The topological polar surface area (TPSA) is 18.5 Å². The largest absolute Gasteiger partial charge is 0.491 e. The Hall–Kier alpha value is -3.73. The Balaban J connectivity index is 1.40. The van der Waals surface area contributed by atoms with E-state index in [1.165, 1.54) is 18.1 Å². The Labute approximate surface area is 216 Å². The SMILES string of the molecule is CCCCCc1ccc(-c2ccc(COc3ccc(-c4ccc(OCC)c(F)c4)cc3)c(F)c2F)cc1. The van der Waals surface area contributed by atoms with Crippen LogP contribution in [0, 0.1) is 17.5 Å². The van der Waals surface area contributed by atoms with Gasteiger partial charge >= 0.3 is 0 Å². The molecule has 0 N–H and O–H groups in total. The van der Waals surface area contributed by atoms with Crippen molar-refractivity contribution in [3.05, 3.63) is 107 Å². The van der Waals surface area contributed by atoms with Gasteiger partial charge in [0.25, 0.3) is 0 Å². The average molecular weight is 505 g/mol. The molecule has 0 saturated carbocycles. The van der Waals surface area contributed by atoms with E-state index >= 15 is 0 Å². The molecular formula is C32H31F3O2. The van der Waals surface area contributed by atoms with Crippen LogP contribution in [0.1, 0.15) is 44.2 Å². The first kappa shape index (κ1) is 26.3. The van der Waals surface area contributed by atoms with E-state index in [2.05, 4.69) is 6.92 Å². The highest BCUT2D eigenvalue weighted by Gasteiger charge is 2.15. The number of halogens is 3. The van der Waals surface area contributed by atoms with Crippen LogP contribution in [0.3, 0.4) is 0 Å². The summed E-state index contributed by atoms with van der Waals surface area (Å²) in [5.41, 5.74) is 3.70. The molecule has 0 saturated heterocycles. The third-order valence-corrected chi connectivity index (χ3v) is 6.31. The minimum atomic E-state index is -0.911. The molecule has 4 rings (SSSR count). The molecule has 0 amide bonds. The lowest BCUT2D eigenvalue weighted by Gasteiger charge is -2.12. The standard InChI is InChI=1S/C32H31F3O2/c1-3-5-6-7-22-8-10-24(11-9-22)28-18-14-26(31(34)32(28)35)21-37-27-16-12-23(13-17-27)25-15-19-30(36-4-2)29(33)20-25/h8-20H,3-7,21H2,1-2H3. The lowest BCUT2D eigenvalue weighted by atomic mass is 9.99. The fraction of sp³-hybridized carbons (Fsp3) is 0.250. The molecule has 4 aromatic carbocycles. The van der Waals surface area contributed by atoms with Crippen molar-refractivity contribution in [1.29, 1.82) is 0 Å². The van der Waals surface area contributed by atoms with Gasteiger partial charge in [-0.1, -0.05) is 74.4 Å². The van der Waals surface area contributed by atoms with E-state index in [4.69, 9.17) is 9.47 Å². The van der Waals surface area contributed by atoms with Crippen LogP contribution in [0.2, 0.25) is 0 Å². The number of benzene rings is 4. The molecule has 192 valence electrons. The van der Waals surface area contributed by atoms with E-state index in [1.807, 2.05) is 24.3 Å². The quantitative estimate of drug-likeness (QED) is 0.190. The third kappa shape index (κ3) is 6.53. The minimum absolute atomic E-state index is 0.115. The monoisotopic (exact) mass is 504 g/mol. The zero-order valence-electron chi connectivity index (χ0n) is 21.2. The molecular weight excluding hydrogens is 473 g/mol. The van der Waals surface area contributed by atoms with Crippen molar-refractivity contribution < 1.29 is 22.6 Å². The van der Waals surface area contributed by atoms with Gasteiger partial charge in [-0.2, -0.15) is 0 Å². The van der Waals surface area contributed by atoms with E-state index in [1.54, 1.807) is 55.5 Å². The molecule has 0 aliphatic rings. The lowest BCUT2D eigenvalue weighted by Crippen LogP contribution is -2.02. The molecule has 4 aromatic rings. The molecule has 0 heterocycles. The number of ether oxygens (including phenoxy) is 2. The van der Waals surface area contributed by atoms with Crippen LogP contribution in [0.4, 0.5) is 13.2 Å². The zero-order chi connectivity index (χ0) is 26.2. The summed E-state index contributed by atoms with van der Waals surface area (Å²) in [7, 11) is 0. The van der Waals surface area contributed by atoms with Crippen LogP contribution in [0.15, 0.2) is 78.9 Å². The van der Waals surface area contributed by atoms with Gasteiger partial charge < -0.3 is 9.47 Å². The highest BCUT2D eigenvalue weighted by Crippen LogP contribution is 2.29. The van der Waals surface area contributed by atoms with Gasteiger partial charge in [0.1, 0.15) is 12.4 Å². The Morgan fingerprint density at radius 3 is 2.03 bits per heavy atom. The van der Waals surface area contributed by atoms with Crippen LogP contribution in [0.25, 0.3) is 22.3 Å². The predicted molar refractivity (Wildman–Crippen MR) is 142 cm³/mol. The first-order valence-electron chi connectivity index (χ1n) is 12.7. The molecule has 0 aromatic heterocycles. The second-order valence-corrected chi connectivity index (χ2v) is 8.95. The fourth-order valence-corrected chi connectivity index (χ4v) is 4.21. The summed E-state index contributed by atoms with van der Waals surface area (Å²) in [5, 5.41) is 0. The molecule has 2 nitrogen and oxygen atoms in total. The van der Waals surface area contributed by atoms with Crippen molar-refractivity contribution in [2.75, 3.05) is 6.61 Å². The molecule has 5 heteroatoms. The summed E-state index contributed by atoms with van der Waals surface area (Å²) in [5.74, 6) is -1.51. The van der Waals surface area contributed by atoms with Crippen LogP contribution in [0.5, 0.6) is 11.5 Å². The van der Waals surface area contributed by atoms with Gasteiger partial charge in [0, 0.05) is 11.1 Å². The summed E-state index contributed by atoms with van der Waals surface area (Å²) in [6.45, 7) is 4.24. The predicted octanol–water partition coefficient (Wildman–Crippen LogP) is 9.15. The number of unbranched alkanes of at least 4 members (excludes halogenated alkanes) is 2. The zero-order valence-corrected chi connectivity index (χ0v) is 21.2. The summed E-state index contributed by atoms with van der Waals surface area (Å²) >= 11 is 0. The second kappa shape index (κ2) is 12.5. The first-order valence-corrected chi connectivity index (χ1v) is 12.7. The Bertz CT molecular complexity index is 1320. The number of hydrogen-bond acceptors (Lipinski definition) is 2. The van der Waals surface area contributed by atoms with Crippen molar-refractivity contribution in [3.63, 3.8) is 0 Å². The normalized spacial score (nSPS) is 10.9. The molecule has 0 bridgehead atoms. The molecule has 0 spiro atoms. The summed E-state index contributed by atoms with van der Waals surface area (Å²) in [6.07, 6.45) is 4.45. The van der Waals surface area contributed by atoms with Crippen molar-refractivity contribution in [2.24, 2.45) is 0 Å². The summed E-state index contributed by atoms with van der Waals surface area (Å²) < 4.78 is 54.9. The maximum Gasteiger partial charge on any atom is 0.167 e. The second-order valence-electron chi connectivity index (χ2n) is 8.95. The molecule has 0 aliphatic heterocycles. The minimum Gasteiger partial charge on any atom is -0.491 e. The van der Waals surface area contributed by atoms with Crippen molar-refractivity contribution in [2.45, 2.75) is 46.1 Å². The maximum absolute atomic E-state index is 14.9. The molecule has 0 radical (unpaired) electrons. The van der Waals surface area contributed by atoms with Crippen LogP contribution >= 0.6 is 0 Å². The molecule has 0 unspecified atom stereocenters. The van der Waals surface area contributed by atoms with Crippen LogP contribution in [-0.2, 0) is 13.0 Å². The van der Waals surface area contributed by atoms with Gasteiger partial charge in [0.05, 0.1) is 6.61 Å². The van der Waals surface area contributed by atoms with Crippen molar-refractivity contribution in [3.8, 4) is 33.8 Å². The maximum atomic E-state index is 14.9. The van der Waals surface area contributed by atoms with Gasteiger partial charge in [-0.3, -0.25) is 0 Å². The first-order chi connectivity index (χ1) is 18.0. The molecule has 0 atom stereocenters. The van der Waals surface area contributed by atoms with Crippen molar-refractivity contribution >= 4 is 0 Å². The molecule has 0 aliphatic carbocycles. The Morgan fingerprint density at radius 2 is 1.35 bits per heavy atom. The third-order valence-electron chi connectivity index (χ3n) is 6.31. The summed E-state index contributed by atoms with van der Waals surface area (Å²) in [4.78, 5) is 0. The highest BCUT2D eigenvalue weighted by atomic mass is 19.2.